The fraction of sp³-hybridized carbons (Fsp3) is 0.333. The van der Waals surface area contributed by atoms with Gasteiger partial charge in [0.2, 0.25) is 0 Å². The standard InChI is InChI=1S/C12H15ClN2O4/c1-18-6-5-14-11(16)12(17)15-9-7-8(13)3-4-10(9)19-2/h3-4,7H,5-6H2,1-2H3,(H,14,16)(H,15,17). The second-order valence-corrected chi connectivity index (χ2v) is 3.98. The first kappa shape index (κ1) is 15.3. The molecule has 2 amide bonds. The van der Waals surface area contributed by atoms with Crippen molar-refractivity contribution in [3.05, 3.63) is 23.2 Å². The molecule has 1 rings (SSSR count). The van der Waals surface area contributed by atoms with E-state index in [2.05, 4.69) is 10.6 Å². The molecule has 0 aliphatic heterocycles. The van der Waals surface area contributed by atoms with E-state index in [0.29, 0.717) is 23.1 Å². The van der Waals surface area contributed by atoms with Gasteiger partial charge in [-0.1, -0.05) is 11.6 Å². The van der Waals surface area contributed by atoms with E-state index in [0.717, 1.165) is 0 Å². The van der Waals surface area contributed by atoms with Crippen LogP contribution in [0.15, 0.2) is 18.2 Å². The second kappa shape index (κ2) is 7.60. The topological polar surface area (TPSA) is 76.7 Å². The number of anilines is 1. The Morgan fingerprint density at radius 1 is 1.26 bits per heavy atom. The van der Waals surface area contributed by atoms with Gasteiger partial charge in [0.15, 0.2) is 0 Å². The molecule has 0 unspecified atom stereocenters. The van der Waals surface area contributed by atoms with Crippen LogP contribution in [-0.4, -0.2) is 39.2 Å². The van der Waals surface area contributed by atoms with Gasteiger partial charge in [0.1, 0.15) is 5.75 Å². The summed E-state index contributed by atoms with van der Waals surface area (Å²) in [6.07, 6.45) is 0. The summed E-state index contributed by atoms with van der Waals surface area (Å²) < 4.78 is 9.81. The summed E-state index contributed by atoms with van der Waals surface area (Å²) >= 11 is 5.82. The Hall–Kier alpha value is -1.79. The highest BCUT2D eigenvalue weighted by molar-refractivity contribution is 6.40. The molecule has 0 bridgehead atoms. The first-order valence-electron chi connectivity index (χ1n) is 5.50. The number of carbonyl (C=O) groups excluding carboxylic acids is 2. The van der Waals surface area contributed by atoms with Gasteiger partial charge in [-0.2, -0.15) is 0 Å². The molecule has 0 spiro atoms. The molecule has 0 fully saturated rings. The van der Waals surface area contributed by atoms with Crippen molar-refractivity contribution in [3.8, 4) is 5.75 Å². The minimum atomic E-state index is -0.795. The van der Waals surface area contributed by atoms with Crippen molar-refractivity contribution >= 4 is 29.1 Å². The third-order valence-electron chi connectivity index (χ3n) is 2.21. The van der Waals surface area contributed by atoms with Crippen LogP contribution in [0.25, 0.3) is 0 Å². The maximum absolute atomic E-state index is 11.6. The van der Waals surface area contributed by atoms with Crippen LogP contribution in [0.3, 0.4) is 0 Å². The number of benzene rings is 1. The Morgan fingerprint density at radius 3 is 2.63 bits per heavy atom. The smallest absolute Gasteiger partial charge is 0.313 e. The Labute approximate surface area is 116 Å². The lowest BCUT2D eigenvalue weighted by Crippen LogP contribution is -2.37. The number of hydrogen-bond acceptors (Lipinski definition) is 4. The van der Waals surface area contributed by atoms with Crippen LogP contribution in [0.4, 0.5) is 5.69 Å². The molecule has 0 heterocycles. The van der Waals surface area contributed by atoms with Gasteiger partial charge < -0.3 is 20.1 Å². The van der Waals surface area contributed by atoms with E-state index in [1.54, 1.807) is 12.1 Å². The van der Waals surface area contributed by atoms with E-state index in [9.17, 15) is 9.59 Å². The summed E-state index contributed by atoms with van der Waals surface area (Å²) in [5, 5.41) is 5.26. The van der Waals surface area contributed by atoms with Gasteiger partial charge in [-0.15, -0.1) is 0 Å². The van der Waals surface area contributed by atoms with Crippen LogP contribution in [0, 0.1) is 0 Å². The molecule has 0 atom stereocenters. The normalized spacial score (nSPS) is 9.84. The summed E-state index contributed by atoms with van der Waals surface area (Å²) in [4.78, 5) is 23.1. The van der Waals surface area contributed by atoms with Gasteiger partial charge in [0.05, 0.1) is 19.4 Å². The molecule has 0 aromatic heterocycles. The van der Waals surface area contributed by atoms with Crippen LogP contribution in [-0.2, 0) is 14.3 Å². The van der Waals surface area contributed by atoms with E-state index < -0.39 is 11.8 Å². The molecular weight excluding hydrogens is 272 g/mol. The lowest BCUT2D eigenvalue weighted by molar-refractivity contribution is -0.136. The summed E-state index contributed by atoms with van der Waals surface area (Å²) in [5.41, 5.74) is 0.335. The Bertz CT molecular complexity index is 465. The van der Waals surface area contributed by atoms with Gasteiger partial charge in [0, 0.05) is 18.7 Å². The molecule has 104 valence electrons. The third-order valence-corrected chi connectivity index (χ3v) is 2.44. The number of rotatable bonds is 5. The Balaban J connectivity index is 2.65. The van der Waals surface area contributed by atoms with Gasteiger partial charge in [-0.05, 0) is 18.2 Å². The SMILES string of the molecule is COCCNC(=O)C(=O)Nc1cc(Cl)ccc1OC. The average Bonchev–Trinajstić information content (AvgIpc) is 2.39. The maximum Gasteiger partial charge on any atom is 0.313 e. The van der Waals surface area contributed by atoms with Gasteiger partial charge in [0.25, 0.3) is 0 Å². The quantitative estimate of drug-likeness (QED) is 0.626. The zero-order chi connectivity index (χ0) is 14.3. The number of carbonyl (C=O) groups is 2. The molecule has 2 N–H and O–H groups in total. The highest BCUT2D eigenvalue weighted by Crippen LogP contribution is 2.27. The van der Waals surface area contributed by atoms with Crippen molar-refractivity contribution < 1.29 is 19.1 Å². The molecule has 0 aliphatic carbocycles. The maximum atomic E-state index is 11.6. The minimum Gasteiger partial charge on any atom is -0.495 e. The van der Waals surface area contributed by atoms with Crippen molar-refractivity contribution in [1.29, 1.82) is 0 Å². The molecule has 0 saturated heterocycles. The molecule has 0 saturated carbocycles. The van der Waals surface area contributed by atoms with Crippen LogP contribution < -0.4 is 15.4 Å². The summed E-state index contributed by atoms with van der Waals surface area (Å²) in [6, 6.07) is 4.72. The first-order valence-corrected chi connectivity index (χ1v) is 5.88. The predicted molar refractivity (Wildman–Crippen MR) is 71.5 cm³/mol. The van der Waals surface area contributed by atoms with E-state index >= 15 is 0 Å². The minimum absolute atomic E-state index is 0.259. The number of nitrogens with one attached hydrogen (secondary N) is 2. The van der Waals surface area contributed by atoms with E-state index in [1.165, 1.54) is 20.3 Å². The first-order chi connectivity index (χ1) is 9.08. The van der Waals surface area contributed by atoms with Gasteiger partial charge >= 0.3 is 11.8 Å². The van der Waals surface area contributed by atoms with Gasteiger partial charge in [-0.3, -0.25) is 9.59 Å². The monoisotopic (exact) mass is 286 g/mol. The van der Waals surface area contributed by atoms with Crippen LogP contribution in [0.1, 0.15) is 0 Å². The number of ether oxygens (including phenoxy) is 2. The summed E-state index contributed by atoms with van der Waals surface area (Å²) in [5.74, 6) is -1.13. The molecule has 0 aliphatic rings. The van der Waals surface area contributed by atoms with Crippen molar-refractivity contribution in [2.24, 2.45) is 0 Å². The number of amides is 2. The van der Waals surface area contributed by atoms with E-state index in [-0.39, 0.29) is 6.54 Å². The second-order valence-electron chi connectivity index (χ2n) is 3.55. The van der Waals surface area contributed by atoms with Crippen LogP contribution in [0.5, 0.6) is 5.75 Å². The zero-order valence-electron chi connectivity index (χ0n) is 10.7. The van der Waals surface area contributed by atoms with E-state index in [4.69, 9.17) is 21.1 Å². The molecular formula is C12H15ClN2O4. The lowest BCUT2D eigenvalue weighted by Gasteiger charge is -2.10. The molecule has 19 heavy (non-hydrogen) atoms. The molecule has 0 radical (unpaired) electrons. The highest BCUT2D eigenvalue weighted by Gasteiger charge is 2.15. The van der Waals surface area contributed by atoms with Crippen molar-refractivity contribution in [2.45, 2.75) is 0 Å². The Kier molecular flexibility index (Phi) is 6.11. The number of methoxy groups -OCH3 is 2. The molecule has 1 aromatic carbocycles. The predicted octanol–water partition coefficient (Wildman–Crippen LogP) is 1.05. The largest absolute Gasteiger partial charge is 0.495 e. The molecule has 1 aromatic rings. The summed E-state index contributed by atoms with van der Waals surface area (Å²) in [6.45, 7) is 0.592. The third kappa shape index (κ3) is 4.76. The highest BCUT2D eigenvalue weighted by atomic mass is 35.5. The zero-order valence-corrected chi connectivity index (χ0v) is 11.4. The lowest BCUT2D eigenvalue weighted by atomic mass is 10.3. The number of halogens is 1. The Morgan fingerprint density at radius 2 is 2.00 bits per heavy atom. The number of hydrogen-bond donors (Lipinski definition) is 2. The fourth-order valence-corrected chi connectivity index (χ4v) is 1.48. The van der Waals surface area contributed by atoms with Crippen molar-refractivity contribution in [2.75, 3.05) is 32.7 Å². The van der Waals surface area contributed by atoms with Crippen LogP contribution in [0.2, 0.25) is 5.02 Å². The van der Waals surface area contributed by atoms with Gasteiger partial charge in [-0.25, -0.2) is 0 Å². The van der Waals surface area contributed by atoms with Crippen molar-refractivity contribution in [3.63, 3.8) is 0 Å². The summed E-state index contributed by atoms with van der Waals surface area (Å²) in [7, 11) is 2.96. The average molecular weight is 287 g/mol. The molecule has 6 nitrogen and oxygen atoms in total. The van der Waals surface area contributed by atoms with E-state index in [1.807, 2.05) is 0 Å². The fourth-order valence-electron chi connectivity index (χ4n) is 1.30. The molecule has 7 heteroatoms. The van der Waals surface area contributed by atoms with Crippen LogP contribution >= 0.6 is 11.6 Å². The van der Waals surface area contributed by atoms with Crippen molar-refractivity contribution in [1.82, 2.24) is 5.32 Å².